The minimum absolute atomic E-state index is 0.0162. The lowest BCUT2D eigenvalue weighted by Gasteiger charge is -2.28. The Bertz CT molecular complexity index is 1010. The standard InChI is InChI=1S/C22H31IN6O6/c1-10(2)7-16-21(32)26-15(19(24)30)5-6-25-18-13(8-12(29(34)35)9-14(18)23)20(31)28-17(11(3)4)22(33)27-16/h8-11,15-17,25H,5-7H2,1-4H3,(H2,24,30)(H,26,32)(H,27,33)(H,28,31)/t15-,16-,17-/m0/s1. The number of hydrogen-bond donors (Lipinski definition) is 5. The molecule has 3 atom stereocenters. The molecular formula is C22H31IN6O6. The van der Waals surface area contributed by atoms with Crippen molar-refractivity contribution in [2.45, 2.75) is 58.7 Å². The summed E-state index contributed by atoms with van der Waals surface area (Å²) in [6, 6.07) is -0.564. The molecule has 2 rings (SSSR count). The molecule has 6 N–H and O–H groups in total. The molecule has 1 aromatic rings. The Hall–Kier alpha value is -2.97. The van der Waals surface area contributed by atoms with Crippen molar-refractivity contribution < 1.29 is 24.1 Å². The van der Waals surface area contributed by atoms with E-state index >= 15 is 0 Å². The Morgan fingerprint density at radius 2 is 1.80 bits per heavy atom. The number of hydrogen-bond acceptors (Lipinski definition) is 7. The maximum atomic E-state index is 13.2. The molecule has 0 bridgehead atoms. The zero-order valence-corrected chi connectivity index (χ0v) is 22.2. The number of nitrogens with one attached hydrogen (secondary N) is 4. The molecule has 1 heterocycles. The summed E-state index contributed by atoms with van der Waals surface area (Å²) < 4.78 is 0.399. The van der Waals surface area contributed by atoms with Crippen LogP contribution in [0.25, 0.3) is 0 Å². The molecule has 0 saturated carbocycles. The lowest BCUT2D eigenvalue weighted by atomic mass is 9.99. The van der Waals surface area contributed by atoms with Gasteiger partial charge >= 0.3 is 0 Å². The molecule has 0 unspecified atom stereocenters. The normalized spacial score (nSPS) is 21.8. The van der Waals surface area contributed by atoms with Crippen LogP contribution in [0.1, 0.15) is 50.9 Å². The van der Waals surface area contributed by atoms with Gasteiger partial charge in [0.15, 0.2) is 0 Å². The number of amides is 4. The van der Waals surface area contributed by atoms with E-state index in [1.54, 1.807) is 13.8 Å². The molecule has 13 heteroatoms. The van der Waals surface area contributed by atoms with Gasteiger partial charge in [-0.1, -0.05) is 27.7 Å². The third-order valence-electron chi connectivity index (χ3n) is 5.50. The van der Waals surface area contributed by atoms with Gasteiger partial charge in [0, 0.05) is 22.2 Å². The van der Waals surface area contributed by atoms with Crippen molar-refractivity contribution >= 4 is 57.6 Å². The van der Waals surface area contributed by atoms with E-state index in [4.69, 9.17) is 5.73 Å². The molecule has 12 nitrogen and oxygen atoms in total. The quantitative estimate of drug-likeness (QED) is 0.191. The molecule has 1 aromatic carbocycles. The summed E-state index contributed by atoms with van der Waals surface area (Å²) in [7, 11) is 0. The molecule has 0 spiro atoms. The minimum atomic E-state index is -1.03. The third kappa shape index (κ3) is 7.50. The smallest absolute Gasteiger partial charge is 0.271 e. The summed E-state index contributed by atoms with van der Waals surface area (Å²) >= 11 is 1.87. The first kappa shape index (κ1) is 28.3. The molecule has 0 fully saturated rings. The van der Waals surface area contributed by atoms with Gasteiger partial charge in [-0.25, -0.2) is 0 Å². The average Bonchev–Trinajstić information content (AvgIpc) is 2.75. The number of nitrogens with two attached hydrogens (primary N) is 1. The molecular weight excluding hydrogens is 571 g/mol. The summed E-state index contributed by atoms with van der Waals surface area (Å²) in [5.74, 6) is -2.89. The van der Waals surface area contributed by atoms with Crippen LogP contribution in [-0.2, 0) is 14.4 Å². The third-order valence-corrected chi connectivity index (χ3v) is 6.35. The van der Waals surface area contributed by atoms with E-state index in [0.29, 0.717) is 15.7 Å². The Labute approximate surface area is 216 Å². The van der Waals surface area contributed by atoms with Crippen LogP contribution >= 0.6 is 22.6 Å². The average molecular weight is 602 g/mol. The number of anilines is 1. The molecule has 0 radical (unpaired) electrons. The predicted octanol–water partition coefficient (Wildman–Crippen LogP) is 1.27. The van der Waals surface area contributed by atoms with Crippen molar-refractivity contribution in [1.29, 1.82) is 0 Å². The second-order valence-corrected chi connectivity index (χ2v) is 10.3. The molecule has 1 aliphatic rings. The van der Waals surface area contributed by atoms with Gasteiger partial charge in [0.1, 0.15) is 18.1 Å². The van der Waals surface area contributed by atoms with E-state index in [-0.39, 0.29) is 36.1 Å². The highest BCUT2D eigenvalue weighted by Gasteiger charge is 2.32. The summed E-state index contributed by atoms with van der Waals surface area (Å²) in [5, 5.41) is 22.4. The number of carbonyl (C=O) groups is 4. The minimum Gasteiger partial charge on any atom is -0.383 e. The lowest BCUT2D eigenvalue weighted by Crippen LogP contribution is -2.58. The number of fused-ring (bicyclic) bond motifs is 1. The molecule has 192 valence electrons. The zero-order chi connectivity index (χ0) is 26.4. The van der Waals surface area contributed by atoms with Gasteiger partial charge in [-0.2, -0.15) is 0 Å². The zero-order valence-electron chi connectivity index (χ0n) is 20.0. The summed E-state index contributed by atoms with van der Waals surface area (Å²) in [4.78, 5) is 62.2. The highest BCUT2D eigenvalue weighted by Crippen LogP contribution is 2.29. The number of nitrogens with zero attached hydrogens (tertiary/aromatic N) is 1. The Kier molecular flexibility index (Phi) is 9.80. The molecule has 35 heavy (non-hydrogen) atoms. The molecule has 0 aliphatic carbocycles. The van der Waals surface area contributed by atoms with Crippen LogP contribution in [0.3, 0.4) is 0 Å². The largest absolute Gasteiger partial charge is 0.383 e. The van der Waals surface area contributed by atoms with Gasteiger partial charge in [-0.05, 0) is 47.3 Å². The predicted molar refractivity (Wildman–Crippen MR) is 138 cm³/mol. The Morgan fingerprint density at radius 1 is 1.14 bits per heavy atom. The van der Waals surface area contributed by atoms with Crippen LogP contribution in [0.5, 0.6) is 0 Å². The van der Waals surface area contributed by atoms with Crippen LogP contribution in [-0.4, -0.2) is 53.2 Å². The van der Waals surface area contributed by atoms with Gasteiger partial charge in [0.25, 0.3) is 11.6 Å². The first-order chi connectivity index (χ1) is 16.3. The first-order valence-electron chi connectivity index (χ1n) is 11.2. The van der Waals surface area contributed by atoms with E-state index < -0.39 is 46.7 Å². The van der Waals surface area contributed by atoms with Gasteiger partial charge in [-0.15, -0.1) is 0 Å². The lowest BCUT2D eigenvalue weighted by molar-refractivity contribution is -0.384. The fraction of sp³-hybridized carbons (Fsp3) is 0.545. The van der Waals surface area contributed by atoms with Gasteiger partial charge in [0.05, 0.1) is 16.2 Å². The highest BCUT2D eigenvalue weighted by molar-refractivity contribution is 14.1. The van der Waals surface area contributed by atoms with E-state index in [9.17, 15) is 29.3 Å². The number of halogens is 1. The summed E-state index contributed by atoms with van der Waals surface area (Å²) in [6.45, 7) is 7.35. The number of rotatable bonds is 5. The number of nitro benzene ring substituents is 1. The maximum absolute atomic E-state index is 13.2. The summed E-state index contributed by atoms with van der Waals surface area (Å²) in [6.07, 6.45) is 0.388. The van der Waals surface area contributed by atoms with Crippen molar-refractivity contribution in [2.24, 2.45) is 17.6 Å². The van der Waals surface area contributed by atoms with Crippen LogP contribution in [0, 0.1) is 25.5 Å². The number of non-ortho nitro benzene ring substituents is 1. The molecule has 0 saturated heterocycles. The number of primary amides is 1. The van der Waals surface area contributed by atoms with Crippen molar-refractivity contribution in [3.05, 3.63) is 31.4 Å². The van der Waals surface area contributed by atoms with Crippen molar-refractivity contribution in [3.8, 4) is 0 Å². The van der Waals surface area contributed by atoms with E-state index in [1.807, 2.05) is 36.4 Å². The van der Waals surface area contributed by atoms with E-state index in [1.165, 1.54) is 6.07 Å². The number of nitro groups is 1. The highest BCUT2D eigenvalue weighted by atomic mass is 127. The van der Waals surface area contributed by atoms with Crippen molar-refractivity contribution in [1.82, 2.24) is 16.0 Å². The van der Waals surface area contributed by atoms with Gasteiger partial charge in [0.2, 0.25) is 17.7 Å². The van der Waals surface area contributed by atoms with Crippen molar-refractivity contribution in [2.75, 3.05) is 11.9 Å². The molecule has 4 amide bonds. The fourth-order valence-corrected chi connectivity index (χ4v) is 4.47. The van der Waals surface area contributed by atoms with Crippen LogP contribution in [0.2, 0.25) is 0 Å². The monoisotopic (exact) mass is 602 g/mol. The second kappa shape index (κ2) is 12.1. The topological polar surface area (TPSA) is 186 Å². The molecule has 0 aromatic heterocycles. The molecule has 1 aliphatic heterocycles. The van der Waals surface area contributed by atoms with E-state index in [0.717, 1.165) is 6.07 Å². The fourth-order valence-electron chi connectivity index (χ4n) is 3.67. The van der Waals surface area contributed by atoms with Crippen molar-refractivity contribution in [3.63, 3.8) is 0 Å². The van der Waals surface area contributed by atoms with E-state index in [2.05, 4.69) is 21.3 Å². The Morgan fingerprint density at radius 3 is 2.34 bits per heavy atom. The van der Waals surface area contributed by atoms with Crippen LogP contribution in [0.15, 0.2) is 12.1 Å². The van der Waals surface area contributed by atoms with Crippen LogP contribution < -0.4 is 27.0 Å². The first-order valence-corrected chi connectivity index (χ1v) is 12.3. The number of carbonyl (C=O) groups excluding carboxylic acids is 4. The summed E-state index contributed by atoms with van der Waals surface area (Å²) in [5.41, 5.74) is 5.50. The van der Waals surface area contributed by atoms with Gasteiger partial charge < -0.3 is 27.0 Å². The SMILES string of the molecule is CC(C)C[C@@H]1NC(=O)[C@H](C(C)C)NC(=O)c2cc([N+](=O)[O-])cc(I)c2NCC[C@@H](C(N)=O)NC1=O. The van der Waals surface area contributed by atoms with Crippen LogP contribution in [0.4, 0.5) is 11.4 Å². The number of benzene rings is 1. The van der Waals surface area contributed by atoms with Gasteiger partial charge in [-0.3, -0.25) is 29.3 Å². The Balaban J connectivity index is 2.57. The maximum Gasteiger partial charge on any atom is 0.271 e. The second-order valence-electron chi connectivity index (χ2n) is 9.17.